The molecule has 0 unspecified atom stereocenters. The largest absolute Gasteiger partial charge is 0.647 e. The second-order valence-corrected chi connectivity index (χ2v) is 15.1. The predicted molar refractivity (Wildman–Crippen MR) is 198 cm³/mol. The number of H-pyrrole nitrogens is 3. The second kappa shape index (κ2) is 13.4. The molecule has 0 aliphatic heterocycles. The minimum Gasteiger partial charge on any atom is -0.399 e. The maximum Gasteiger partial charge on any atom is 0.647 e. The summed E-state index contributed by atoms with van der Waals surface area (Å²) in [6, 6.07) is 18.6. The average Bonchev–Trinajstić information content (AvgIpc) is 3.74. The van der Waals surface area contributed by atoms with E-state index in [0.717, 1.165) is 5.69 Å². The van der Waals surface area contributed by atoms with Crippen LogP contribution in [0.15, 0.2) is 92.7 Å². The first kappa shape index (κ1) is 33.2. The van der Waals surface area contributed by atoms with Gasteiger partial charge in [-0.2, -0.15) is 4.57 Å². The third-order valence-corrected chi connectivity index (χ3v) is 11.9. The van der Waals surface area contributed by atoms with E-state index in [1.807, 2.05) is 31.2 Å². The first-order valence-corrected chi connectivity index (χ1v) is 18.3. The highest BCUT2D eigenvalue weighted by Crippen LogP contribution is 2.55. The van der Waals surface area contributed by atoms with Crippen LogP contribution in [0.3, 0.4) is 0 Å². The van der Waals surface area contributed by atoms with Gasteiger partial charge in [-0.1, -0.05) is 52.5 Å². The number of benzene rings is 4. The lowest BCUT2D eigenvalue weighted by atomic mass is 10.2. The number of hydrogen-bond donors (Lipinski definition) is 4. The maximum atomic E-state index is 14.5. The Morgan fingerprint density at radius 1 is 0.587 bits per heavy atom. The van der Waals surface area contributed by atoms with Crippen LogP contribution in [0, 0.1) is 6.92 Å². The summed E-state index contributed by atoms with van der Waals surface area (Å²) in [5.74, 6) is 0.483. The molecule has 46 heavy (non-hydrogen) atoms. The van der Waals surface area contributed by atoms with Gasteiger partial charge >= 0.3 is 7.82 Å². The zero-order valence-electron chi connectivity index (χ0n) is 23.4. The Balaban J connectivity index is 0.000000407. The molecule has 0 amide bonds. The van der Waals surface area contributed by atoms with Crippen molar-refractivity contribution in [1.29, 1.82) is 0 Å². The number of aromatic amines is 3. The summed E-state index contributed by atoms with van der Waals surface area (Å²) in [6.45, 7) is 2.04. The van der Waals surface area contributed by atoms with Crippen LogP contribution >= 0.6 is 90.4 Å². The van der Waals surface area contributed by atoms with Crippen LogP contribution < -0.4 is 19.3 Å². The lowest BCUT2D eigenvalue weighted by molar-refractivity contribution is 0.302. The zero-order chi connectivity index (χ0) is 32.7. The van der Waals surface area contributed by atoms with E-state index < -0.39 is 7.82 Å². The van der Waals surface area contributed by atoms with Crippen LogP contribution in [-0.4, -0.2) is 15.0 Å². The van der Waals surface area contributed by atoms with Crippen molar-refractivity contribution in [1.82, 2.24) is 15.0 Å². The van der Waals surface area contributed by atoms with E-state index in [2.05, 4.69) is 62.7 Å². The van der Waals surface area contributed by atoms with E-state index in [9.17, 15) is 4.57 Å². The van der Waals surface area contributed by atoms with Crippen LogP contribution in [0.1, 0.15) is 5.56 Å². The molecule has 0 spiro atoms. The molecule has 0 saturated heterocycles. The molecule has 7 aromatic rings. The lowest BCUT2D eigenvalue weighted by Crippen LogP contribution is -2.07. The summed E-state index contributed by atoms with van der Waals surface area (Å²) >= 11 is 29.9. The molecule has 3 heterocycles. The Hall–Kier alpha value is -2.76. The van der Waals surface area contributed by atoms with Crippen molar-refractivity contribution in [3.63, 3.8) is 0 Å². The Bertz CT molecular complexity index is 2050. The average molecular weight is 891 g/mol. The molecule has 236 valence electrons. The standard InChI is InChI=1S/C24H12Br3Cl3N3O4P.C7H9N/c25-10-1-4-13-19(22(10)28)16(7-31-13)35-38(34,36-17-8-32-14-5-2-11(26)23(29)20(14)17)37-18-9-33-15-6-3-12(27)24(30)21(15)18;1-6-2-4-7(8)5-3-6/h1-9,31-33H;2-5H,8H2,1H3. The van der Waals surface area contributed by atoms with Gasteiger partial charge in [0.15, 0.2) is 17.2 Å². The van der Waals surface area contributed by atoms with Crippen molar-refractivity contribution >= 4 is 129 Å². The van der Waals surface area contributed by atoms with Crippen LogP contribution in [-0.2, 0) is 4.57 Å². The van der Waals surface area contributed by atoms with E-state index in [1.54, 1.807) is 36.4 Å². The molecular formula is C31H21Br3Cl3N4O4P. The topological polar surface area (TPSA) is 118 Å². The molecule has 8 nitrogen and oxygen atoms in total. The highest BCUT2D eigenvalue weighted by Gasteiger charge is 2.37. The van der Waals surface area contributed by atoms with Gasteiger partial charge in [-0.15, -0.1) is 0 Å². The Labute approximate surface area is 302 Å². The molecule has 15 heteroatoms. The molecule has 0 bridgehead atoms. The highest BCUT2D eigenvalue weighted by atomic mass is 79.9. The number of aromatic nitrogens is 3. The summed E-state index contributed by atoms with van der Waals surface area (Å²) < 4.78 is 34.4. The van der Waals surface area contributed by atoms with Crippen LogP contribution in [0.4, 0.5) is 5.69 Å². The molecule has 0 saturated carbocycles. The van der Waals surface area contributed by atoms with Gasteiger partial charge in [-0.3, -0.25) is 0 Å². The fraction of sp³-hybridized carbons (Fsp3) is 0.0323. The SMILES string of the molecule is Cc1ccc(N)cc1.O=P(Oc1c[nH]c2ccc(Br)c(Cl)c12)(Oc1c[nH]c2ccc(Br)c(Cl)c12)Oc1c[nH]c2ccc(Br)c(Cl)c12. The van der Waals surface area contributed by atoms with Crippen LogP contribution in [0.2, 0.25) is 15.1 Å². The van der Waals surface area contributed by atoms with Crippen molar-refractivity contribution in [3.8, 4) is 17.2 Å². The number of nitrogens with one attached hydrogen (secondary N) is 3. The third kappa shape index (κ3) is 6.65. The monoisotopic (exact) mass is 886 g/mol. The molecule has 3 aromatic heterocycles. The molecule has 5 N–H and O–H groups in total. The number of phosphoric acid groups is 1. The van der Waals surface area contributed by atoms with Crippen LogP contribution in [0.25, 0.3) is 32.7 Å². The van der Waals surface area contributed by atoms with Crippen molar-refractivity contribution in [2.45, 2.75) is 6.92 Å². The van der Waals surface area contributed by atoms with E-state index >= 15 is 0 Å². The molecule has 7 rings (SSSR count). The minimum absolute atomic E-state index is 0.161. The lowest BCUT2D eigenvalue weighted by Gasteiger charge is -2.19. The molecule has 0 fully saturated rings. The van der Waals surface area contributed by atoms with Gasteiger partial charge in [0.25, 0.3) is 0 Å². The fourth-order valence-electron chi connectivity index (χ4n) is 4.58. The number of rotatable bonds is 6. The third-order valence-electron chi connectivity index (χ3n) is 6.81. The predicted octanol–water partition coefficient (Wildman–Crippen LogP) is 12.6. The zero-order valence-corrected chi connectivity index (χ0v) is 31.4. The van der Waals surface area contributed by atoms with Gasteiger partial charge in [0.1, 0.15) is 0 Å². The summed E-state index contributed by atoms with van der Waals surface area (Å²) in [4.78, 5) is 9.18. The van der Waals surface area contributed by atoms with Gasteiger partial charge < -0.3 is 34.3 Å². The van der Waals surface area contributed by atoms with Crippen molar-refractivity contribution in [3.05, 3.63) is 113 Å². The first-order valence-electron chi connectivity index (χ1n) is 13.3. The number of anilines is 1. The van der Waals surface area contributed by atoms with Crippen molar-refractivity contribution in [2.75, 3.05) is 5.73 Å². The van der Waals surface area contributed by atoms with E-state index in [0.29, 0.717) is 61.2 Å². The molecule has 4 aromatic carbocycles. The number of aryl methyl sites for hydroxylation is 1. The number of hydrogen-bond acceptors (Lipinski definition) is 5. The van der Waals surface area contributed by atoms with Gasteiger partial charge in [0.05, 0.1) is 47.8 Å². The number of nitrogens with two attached hydrogens (primary N) is 1. The fourth-order valence-corrected chi connectivity index (χ4v) is 7.61. The number of phosphoric ester groups is 1. The quantitative estimate of drug-likeness (QED) is 0.0980. The minimum atomic E-state index is -4.49. The Morgan fingerprint density at radius 3 is 1.22 bits per heavy atom. The normalized spacial score (nSPS) is 11.5. The Morgan fingerprint density at radius 2 is 0.913 bits per heavy atom. The molecular weight excluding hydrogens is 869 g/mol. The summed E-state index contributed by atoms with van der Waals surface area (Å²) in [7, 11) is -4.49. The Kier molecular flexibility index (Phi) is 9.65. The molecule has 0 aliphatic carbocycles. The van der Waals surface area contributed by atoms with E-state index in [4.69, 9.17) is 54.1 Å². The highest BCUT2D eigenvalue weighted by molar-refractivity contribution is 9.11. The summed E-state index contributed by atoms with van der Waals surface area (Å²) in [5.41, 5.74) is 9.50. The second-order valence-electron chi connectivity index (χ2n) is 9.94. The summed E-state index contributed by atoms with van der Waals surface area (Å²) in [6.07, 6.45) is 4.58. The van der Waals surface area contributed by atoms with Gasteiger partial charge in [0, 0.05) is 37.7 Å². The van der Waals surface area contributed by atoms with E-state index in [1.165, 1.54) is 24.2 Å². The first-order chi connectivity index (χ1) is 21.9. The smallest absolute Gasteiger partial charge is 0.399 e. The van der Waals surface area contributed by atoms with E-state index in [-0.39, 0.29) is 17.2 Å². The number of fused-ring (bicyclic) bond motifs is 3. The van der Waals surface area contributed by atoms with Crippen molar-refractivity contribution in [2.24, 2.45) is 0 Å². The number of nitrogen functional groups attached to an aromatic ring is 1. The number of halogens is 6. The molecule has 0 aliphatic rings. The molecule has 0 atom stereocenters. The van der Waals surface area contributed by atoms with Crippen molar-refractivity contribution < 1.29 is 18.1 Å². The van der Waals surface area contributed by atoms with Gasteiger partial charge in [-0.05, 0) is 103 Å². The van der Waals surface area contributed by atoms with Gasteiger partial charge in [0.2, 0.25) is 0 Å². The summed E-state index contributed by atoms with van der Waals surface area (Å²) in [5, 5.41) is 2.57. The molecule has 0 radical (unpaired) electrons. The maximum absolute atomic E-state index is 14.5. The van der Waals surface area contributed by atoms with Crippen LogP contribution in [0.5, 0.6) is 17.2 Å². The van der Waals surface area contributed by atoms with Gasteiger partial charge in [-0.25, -0.2) is 0 Å².